The number of halogens is 1. The molecule has 1 heterocycles. The summed E-state index contributed by atoms with van der Waals surface area (Å²) in [5.74, 6) is 0. The summed E-state index contributed by atoms with van der Waals surface area (Å²) in [5, 5.41) is 19.2. The Morgan fingerprint density at radius 1 is 1.50 bits per heavy atom. The quantitative estimate of drug-likeness (QED) is 0.687. The van der Waals surface area contributed by atoms with Crippen molar-refractivity contribution in [3.8, 4) is 0 Å². The van der Waals surface area contributed by atoms with Gasteiger partial charge in [-0.2, -0.15) is 0 Å². The fourth-order valence-electron chi connectivity index (χ4n) is 1.71. The van der Waals surface area contributed by atoms with Crippen LogP contribution in [0, 0.1) is 10.1 Å². The molecule has 2 N–H and O–H groups in total. The normalized spacial score (nSPS) is 11.6. The van der Waals surface area contributed by atoms with Gasteiger partial charge in [0, 0.05) is 6.07 Å². The summed E-state index contributed by atoms with van der Waals surface area (Å²) in [4.78, 5) is 10.5. The first-order chi connectivity index (χ1) is 9.29. The molecule has 0 spiro atoms. The predicted molar refractivity (Wildman–Crippen MR) is 74.4 cm³/mol. The van der Waals surface area contributed by atoms with E-state index >= 15 is 0 Å². The number of nitrogens with zero attached hydrogens (tertiary/aromatic N) is 4. The monoisotopic (exact) mass is 295 g/mol. The Morgan fingerprint density at radius 2 is 2.20 bits per heavy atom. The zero-order valence-corrected chi connectivity index (χ0v) is 11.8. The Labute approximate surface area is 120 Å². The van der Waals surface area contributed by atoms with Crippen LogP contribution in [0.25, 0.3) is 0 Å². The zero-order valence-electron chi connectivity index (χ0n) is 11.1. The van der Waals surface area contributed by atoms with Gasteiger partial charge in [0.05, 0.1) is 33.8 Å². The second kappa shape index (κ2) is 5.18. The molecule has 0 radical (unpaired) electrons. The van der Waals surface area contributed by atoms with Crippen molar-refractivity contribution in [3.63, 3.8) is 0 Å². The first-order valence-corrected chi connectivity index (χ1v) is 6.28. The first-order valence-electron chi connectivity index (χ1n) is 5.90. The molecule has 106 valence electrons. The van der Waals surface area contributed by atoms with Crippen LogP contribution < -0.4 is 5.73 Å². The lowest BCUT2D eigenvalue weighted by Gasteiger charge is -2.13. The van der Waals surface area contributed by atoms with Gasteiger partial charge in [0.2, 0.25) is 0 Å². The molecule has 0 saturated heterocycles. The summed E-state index contributed by atoms with van der Waals surface area (Å²) in [6.45, 7) is 3.78. The number of nitro benzene ring substituents is 1. The van der Waals surface area contributed by atoms with Crippen LogP contribution in [0.1, 0.15) is 25.1 Å². The highest BCUT2D eigenvalue weighted by atomic mass is 35.5. The van der Waals surface area contributed by atoms with Crippen molar-refractivity contribution in [3.05, 3.63) is 50.8 Å². The SMILES string of the molecule is CC(C)(N)c1cn(Cc2c(Cl)cccc2[N+](=O)[O-])nn1. The Balaban J connectivity index is 2.35. The van der Waals surface area contributed by atoms with E-state index in [1.807, 2.05) is 0 Å². The van der Waals surface area contributed by atoms with Gasteiger partial charge in [-0.15, -0.1) is 5.10 Å². The molecule has 0 aliphatic carbocycles. The molecule has 1 aromatic carbocycles. The third-order valence-electron chi connectivity index (χ3n) is 2.81. The Bertz CT molecular complexity index is 648. The zero-order chi connectivity index (χ0) is 14.9. The van der Waals surface area contributed by atoms with E-state index in [0.717, 1.165) is 0 Å². The smallest absolute Gasteiger partial charge is 0.275 e. The fraction of sp³-hybridized carbons (Fsp3) is 0.333. The van der Waals surface area contributed by atoms with E-state index in [9.17, 15) is 10.1 Å². The average molecular weight is 296 g/mol. The highest BCUT2D eigenvalue weighted by Crippen LogP contribution is 2.27. The molecule has 0 aliphatic rings. The molecule has 0 amide bonds. The minimum atomic E-state index is -0.620. The maximum Gasteiger partial charge on any atom is 0.275 e. The minimum absolute atomic E-state index is 0.0402. The van der Waals surface area contributed by atoms with Gasteiger partial charge in [0.25, 0.3) is 5.69 Å². The van der Waals surface area contributed by atoms with Crippen LogP contribution >= 0.6 is 11.6 Å². The Morgan fingerprint density at radius 3 is 2.75 bits per heavy atom. The van der Waals surface area contributed by atoms with Crippen molar-refractivity contribution in [2.24, 2.45) is 5.73 Å². The van der Waals surface area contributed by atoms with Crippen LogP contribution in [0.15, 0.2) is 24.4 Å². The van der Waals surface area contributed by atoms with E-state index in [2.05, 4.69) is 10.3 Å². The molecule has 20 heavy (non-hydrogen) atoms. The lowest BCUT2D eigenvalue weighted by molar-refractivity contribution is -0.385. The summed E-state index contributed by atoms with van der Waals surface area (Å²) >= 11 is 6.03. The third kappa shape index (κ3) is 2.94. The molecule has 2 aromatic rings. The number of nitrogens with two attached hydrogens (primary N) is 1. The van der Waals surface area contributed by atoms with Crippen LogP contribution in [-0.4, -0.2) is 19.9 Å². The summed E-state index contributed by atoms with van der Waals surface area (Å²) in [7, 11) is 0. The van der Waals surface area contributed by atoms with Crippen LogP contribution in [-0.2, 0) is 12.1 Å². The van der Waals surface area contributed by atoms with Gasteiger partial charge in [-0.05, 0) is 19.9 Å². The number of hydrogen-bond donors (Lipinski definition) is 1. The van der Waals surface area contributed by atoms with Crippen LogP contribution in [0.5, 0.6) is 0 Å². The second-order valence-electron chi connectivity index (χ2n) is 5.02. The van der Waals surface area contributed by atoms with Gasteiger partial charge in [0.1, 0.15) is 5.69 Å². The predicted octanol–water partition coefficient (Wildman–Crippen LogP) is 2.08. The summed E-state index contributed by atoms with van der Waals surface area (Å²) in [6, 6.07) is 4.56. The number of nitro groups is 1. The van der Waals surface area contributed by atoms with Crippen LogP contribution in [0.2, 0.25) is 5.02 Å². The van der Waals surface area contributed by atoms with Gasteiger partial charge >= 0.3 is 0 Å². The van der Waals surface area contributed by atoms with Crippen LogP contribution in [0.4, 0.5) is 5.69 Å². The van der Waals surface area contributed by atoms with E-state index < -0.39 is 10.5 Å². The highest BCUT2D eigenvalue weighted by Gasteiger charge is 2.21. The van der Waals surface area contributed by atoms with Crippen LogP contribution in [0.3, 0.4) is 0 Å². The highest BCUT2D eigenvalue weighted by molar-refractivity contribution is 6.31. The third-order valence-corrected chi connectivity index (χ3v) is 3.16. The van der Waals surface area contributed by atoms with Crippen molar-refractivity contribution in [1.29, 1.82) is 0 Å². The molecule has 0 aliphatic heterocycles. The molecule has 0 fully saturated rings. The van der Waals surface area contributed by atoms with Crippen molar-refractivity contribution in [1.82, 2.24) is 15.0 Å². The van der Waals surface area contributed by atoms with E-state index in [1.165, 1.54) is 10.7 Å². The molecule has 8 heteroatoms. The van der Waals surface area contributed by atoms with Gasteiger partial charge < -0.3 is 5.73 Å². The Hall–Kier alpha value is -1.99. The molecule has 0 saturated carbocycles. The average Bonchev–Trinajstić information content (AvgIpc) is 2.79. The standard InChI is InChI=1S/C12H14ClN5O2/c1-12(2,14)11-7-17(16-15-11)6-8-9(13)4-3-5-10(8)18(19)20/h3-5,7H,6,14H2,1-2H3. The number of hydrogen-bond acceptors (Lipinski definition) is 5. The van der Waals surface area contributed by atoms with E-state index in [4.69, 9.17) is 17.3 Å². The van der Waals surface area contributed by atoms with E-state index in [1.54, 1.807) is 32.2 Å². The lowest BCUT2D eigenvalue weighted by Crippen LogP contribution is -2.29. The van der Waals surface area contributed by atoms with E-state index in [-0.39, 0.29) is 12.2 Å². The molecule has 0 atom stereocenters. The first kappa shape index (κ1) is 14.4. The topological polar surface area (TPSA) is 99.9 Å². The number of benzene rings is 1. The largest absolute Gasteiger partial charge is 0.320 e. The van der Waals surface area contributed by atoms with Gasteiger partial charge in [-0.25, -0.2) is 4.68 Å². The molecule has 0 bridgehead atoms. The van der Waals surface area contributed by atoms with Crippen molar-refractivity contribution in [2.75, 3.05) is 0 Å². The molecule has 1 aromatic heterocycles. The summed E-state index contributed by atoms with van der Waals surface area (Å²) in [6.07, 6.45) is 1.66. The Kier molecular flexibility index (Phi) is 3.74. The fourth-order valence-corrected chi connectivity index (χ4v) is 1.94. The number of aromatic nitrogens is 3. The molecule has 7 nitrogen and oxygen atoms in total. The van der Waals surface area contributed by atoms with Gasteiger partial charge in [-0.1, -0.05) is 22.9 Å². The second-order valence-corrected chi connectivity index (χ2v) is 5.42. The van der Waals surface area contributed by atoms with Crippen molar-refractivity contribution in [2.45, 2.75) is 25.9 Å². The summed E-state index contributed by atoms with van der Waals surface area (Å²) < 4.78 is 1.48. The van der Waals surface area contributed by atoms with Crippen molar-refractivity contribution >= 4 is 17.3 Å². The molecular weight excluding hydrogens is 282 g/mol. The maximum atomic E-state index is 11.0. The molecule has 2 rings (SSSR count). The number of rotatable bonds is 4. The van der Waals surface area contributed by atoms with Gasteiger partial charge in [-0.3, -0.25) is 10.1 Å². The minimum Gasteiger partial charge on any atom is -0.320 e. The van der Waals surface area contributed by atoms with Gasteiger partial charge in [0.15, 0.2) is 0 Å². The summed E-state index contributed by atoms with van der Waals surface area (Å²) in [5.41, 5.74) is 6.26. The lowest BCUT2D eigenvalue weighted by atomic mass is 10.0. The van der Waals surface area contributed by atoms with E-state index in [0.29, 0.717) is 16.3 Å². The maximum absolute atomic E-state index is 11.0. The molecule has 0 unspecified atom stereocenters. The molecular formula is C12H14ClN5O2. The van der Waals surface area contributed by atoms with Crippen molar-refractivity contribution < 1.29 is 4.92 Å².